The van der Waals surface area contributed by atoms with Crippen molar-refractivity contribution in [2.45, 2.75) is 12.5 Å². The van der Waals surface area contributed by atoms with Crippen molar-refractivity contribution in [1.82, 2.24) is 5.32 Å². The molecule has 0 radical (unpaired) electrons. The monoisotopic (exact) mass is 347 g/mol. The van der Waals surface area contributed by atoms with Crippen LogP contribution in [-0.2, 0) is 9.59 Å². The fourth-order valence-corrected chi connectivity index (χ4v) is 2.46. The highest BCUT2D eigenvalue weighted by atomic mass is 35.5. The summed E-state index contributed by atoms with van der Waals surface area (Å²) in [4.78, 5) is 22.8. The van der Waals surface area contributed by atoms with Crippen LogP contribution >= 0.6 is 35.0 Å². The number of halogens is 2. The first-order valence-corrected chi connectivity index (χ1v) is 8.24. The number of carboxylic acid groups (broad SMARTS) is 1. The average molecular weight is 348 g/mol. The molecule has 0 aromatic heterocycles. The Morgan fingerprint density at radius 1 is 1.43 bits per heavy atom. The second-order valence-electron chi connectivity index (χ2n) is 4.18. The molecule has 2 N–H and O–H groups in total. The number of carboxylic acids is 1. The van der Waals surface area contributed by atoms with Crippen molar-refractivity contribution in [3.05, 3.63) is 39.9 Å². The van der Waals surface area contributed by atoms with Gasteiger partial charge in [-0.05, 0) is 42.2 Å². The Morgan fingerprint density at radius 2 is 2.14 bits per heavy atom. The molecular weight excluding hydrogens is 333 g/mol. The van der Waals surface area contributed by atoms with Crippen LogP contribution in [0.5, 0.6) is 0 Å². The van der Waals surface area contributed by atoms with E-state index in [2.05, 4.69) is 5.32 Å². The molecule has 0 saturated heterocycles. The predicted molar refractivity (Wildman–Crippen MR) is 88.1 cm³/mol. The predicted octanol–water partition coefficient (Wildman–Crippen LogP) is 3.33. The van der Waals surface area contributed by atoms with E-state index in [0.717, 1.165) is 0 Å². The summed E-state index contributed by atoms with van der Waals surface area (Å²) in [7, 11) is 0. The Labute approximate surface area is 137 Å². The fraction of sp³-hybridized carbons (Fsp3) is 0.286. The number of benzene rings is 1. The molecule has 0 bridgehead atoms. The Balaban J connectivity index is 2.66. The molecule has 0 unspecified atom stereocenters. The van der Waals surface area contributed by atoms with Crippen molar-refractivity contribution in [2.24, 2.45) is 0 Å². The molecule has 0 fully saturated rings. The number of carbonyl (C=O) groups is 2. The van der Waals surface area contributed by atoms with Crippen LogP contribution in [0.15, 0.2) is 24.3 Å². The fourth-order valence-electron chi connectivity index (χ4n) is 1.52. The summed E-state index contributed by atoms with van der Waals surface area (Å²) in [5.41, 5.74) is 0.632. The molecule has 0 aliphatic heterocycles. The van der Waals surface area contributed by atoms with Gasteiger partial charge in [-0.15, -0.1) is 0 Å². The molecule has 4 nitrogen and oxygen atoms in total. The number of hydrogen-bond donors (Lipinski definition) is 2. The van der Waals surface area contributed by atoms with Gasteiger partial charge < -0.3 is 10.4 Å². The van der Waals surface area contributed by atoms with E-state index in [9.17, 15) is 9.59 Å². The first-order valence-electron chi connectivity index (χ1n) is 6.09. The van der Waals surface area contributed by atoms with Crippen LogP contribution in [0.25, 0.3) is 6.08 Å². The van der Waals surface area contributed by atoms with Gasteiger partial charge >= 0.3 is 5.97 Å². The summed E-state index contributed by atoms with van der Waals surface area (Å²) in [6.45, 7) is 0. The lowest BCUT2D eigenvalue weighted by Crippen LogP contribution is -2.40. The number of aliphatic carboxylic acids is 1. The van der Waals surface area contributed by atoms with Gasteiger partial charge in [-0.25, -0.2) is 4.79 Å². The standard InChI is InChI=1S/C14H15Cl2NO3S/c1-21-7-6-12(14(19)20)17-13(18)5-3-9-2-4-10(15)8-11(9)16/h2-5,8,12H,6-7H2,1H3,(H,17,18)(H,19,20)/b5-3+/t12-/m1/s1. The highest BCUT2D eigenvalue weighted by molar-refractivity contribution is 7.98. The van der Waals surface area contributed by atoms with Gasteiger partial charge in [0.15, 0.2) is 0 Å². The second kappa shape index (κ2) is 8.97. The lowest BCUT2D eigenvalue weighted by Gasteiger charge is -2.12. The van der Waals surface area contributed by atoms with E-state index in [1.807, 2.05) is 6.26 Å². The van der Waals surface area contributed by atoms with Crippen LogP contribution in [0, 0.1) is 0 Å². The van der Waals surface area contributed by atoms with Gasteiger partial charge in [0.2, 0.25) is 5.91 Å². The molecule has 21 heavy (non-hydrogen) atoms. The van der Waals surface area contributed by atoms with Crippen molar-refractivity contribution >= 4 is 52.9 Å². The quantitative estimate of drug-likeness (QED) is 0.742. The smallest absolute Gasteiger partial charge is 0.326 e. The molecular formula is C14H15Cl2NO3S. The number of carbonyl (C=O) groups excluding carboxylic acids is 1. The second-order valence-corrected chi connectivity index (χ2v) is 6.01. The highest BCUT2D eigenvalue weighted by Gasteiger charge is 2.17. The Hall–Kier alpha value is -1.17. The minimum Gasteiger partial charge on any atom is -0.480 e. The SMILES string of the molecule is CSCC[C@@H](NC(=O)/C=C/c1ccc(Cl)cc1Cl)C(=O)O. The summed E-state index contributed by atoms with van der Waals surface area (Å²) in [6, 6.07) is 4.01. The zero-order valence-corrected chi connectivity index (χ0v) is 13.6. The van der Waals surface area contributed by atoms with Crippen molar-refractivity contribution in [3.8, 4) is 0 Å². The lowest BCUT2D eigenvalue weighted by atomic mass is 10.2. The largest absolute Gasteiger partial charge is 0.480 e. The molecule has 1 amide bonds. The minimum absolute atomic E-state index is 0.373. The molecule has 7 heteroatoms. The number of rotatable bonds is 7. The van der Waals surface area contributed by atoms with Gasteiger partial charge in [-0.3, -0.25) is 4.79 Å². The third-order valence-corrected chi connectivity index (χ3v) is 3.81. The van der Waals surface area contributed by atoms with E-state index < -0.39 is 17.9 Å². The van der Waals surface area contributed by atoms with E-state index in [0.29, 0.717) is 27.8 Å². The van der Waals surface area contributed by atoms with E-state index in [1.165, 1.54) is 23.9 Å². The maximum Gasteiger partial charge on any atom is 0.326 e. The third kappa shape index (κ3) is 6.42. The van der Waals surface area contributed by atoms with E-state index >= 15 is 0 Å². The number of amides is 1. The molecule has 0 heterocycles. The van der Waals surface area contributed by atoms with Gasteiger partial charge in [0.05, 0.1) is 0 Å². The molecule has 0 aliphatic rings. The maximum absolute atomic E-state index is 11.7. The van der Waals surface area contributed by atoms with Gasteiger partial charge in [-0.1, -0.05) is 29.3 Å². The maximum atomic E-state index is 11.7. The zero-order chi connectivity index (χ0) is 15.8. The molecule has 0 aliphatic carbocycles. The first kappa shape index (κ1) is 17.9. The van der Waals surface area contributed by atoms with E-state index in [-0.39, 0.29) is 0 Å². The zero-order valence-electron chi connectivity index (χ0n) is 11.3. The van der Waals surface area contributed by atoms with Gasteiger partial charge in [0.1, 0.15) is 6.04 Å². The molecule has 1 aromatic carbocycles. The van der Waals surface area contributed by atoms with E-state index in [4.69, 9.17) is 28.3 Å². The topological polar surface area (TPSA) is 66.4 Å². The van der Waals surface area contributed by atoms with Crippen molar-refractivity contribution in [3.63, 3.8) is 0 Å². The Kier molecular flexibility index (Phi) is 7.64. The lowest BCUT2D eigenvalue weighted by molar-refractivity contribution is -0.141. The van der Waals surface area contributed by atoms with Crippen LogP contribution < -0.4 is 5.32 Å². The first-order chi connectivity index (χ1) is 9.93. The number of nitrogens with one attached hydrogen (secondary N) is 1. The van der Waals surface area contributed by atoms with Crippen LogP contribution in [-0.4, -0.2) is 35.0 Å². The molecule has 1 aromatic rings. The van der Waals surface area contributed by atoms with Gasteiger partial charge in [0.25, 0.3) is 0 Å². The minimum atomic E-state index is -1.05. The summed E-state index contributed by atoms with van der Waals surface area (Å²) >= 11 is 13.3. The molecule has 0 saturated carbocycles. The average Bonchev–Trinajstić information content (AvgIpc) is 2.42. The molecule has 0 spiro atoms. The van der Waals surface area contributed by atoms with Crippen molar-refractivity contribution in [2.75, 3.05) is 12.0 Å². The van der Waals surface area contributed by atoms with Crippen LogP contribution in [0.3, 0.4) is 0 Å². The van der Waals surface area contributed by atoms with Gasteiger partial charge in [-0.2, -0.15) is 11.8 Å². The normalized spacial score (nSPS) is 12.3. The Bertz CT molecular complexity index is 549. The third-order valence-electron chi connectivity index (χ3n) is 2.60. The summed E-state index contributed by atoms with van der Waals surface area (Å²) in [5.74, 6) is -0.867. The van der Waals surface area contributed by atoms with Crippen LogP contribution in [0.2, 0.25) is 10.0 Å². The molecule has 1 rings (SSSR count). The molecule has 1 atom stereocenters. The number of thioether (sulfide) groups is 1. The highest BCUT2D eigenvalue weighted by Crippen LogP contribution is 2.21. The number of hydrogen-bond acceptors (Lipinski definition) is 3. The Morgan fingerprint density at radius 3 is 2.71 bits per heavy atom. The van der Waals surface area contributed by atoms with Crippen LogP contribution in [0.4, 0.5) is 0 Å². The summed E-state index contributed by atoms with van der Waals surface area (Å²) < 4.78 is 0. The summed E-state index contributed by atoms with van der Waals surface area (Å²) in [6.07, 6.45) is 5.02. The molecule has 114 valence electrons. The van der Waals surface area contributed by atoms with Crippen molar-refractivity contribution < 1.29 is 14.7 Å². The van der Waals surface area contributed by atoms with Crippen molar-refractivity contribution in [1.29, 1.82) is 0 Å². The van der Waals surface area contributed by atoms with Gasteiger partial charge in [0, 0.05) is 16.1 Å². The van der Waals surface area contributed by atoms with E-state index in [1.54, 1.807) is 18.2 Å². The van der Waals surface area contributed by atoms with Crippen LogP contribution in [0.1, 0.15) is 12.0 Å². The summed E-state index contributed by atoms with van der Waals surface area (Å²) in [5, 5.41) is 12.4.